The molecule has 1 aliphatic rings. The monoisotopic (exact) mass is 340 g/mol. The number of carbonyl (C=O) groups is 3. The van der Waals surface area contributed by atoms with Crippen LogP contribution in [0.15, 0.2) is 54.1 Å². The van der Waals surface area contributed by atoms with Crippen molar-refractivity contribution < 1.29 is 14.4 Å². The molecule has 1 saturated heterocycles. The van der Waals surface area contributed by atoms with Gasteiger partial charge in [-0.15, -0.1) is 0 Å². The van der Waals surface area contributed by atoms with E-state index in [1.165, 1.54) is 6.08 Å². The molecular weight excluding hydrogens is 328 g/mol. The fraction of sp³-hybridized carbons (Fsp3) is 0.0556. The van der Waals surface area contributed by atoms with Crippen LogP contribution in [-0.2, 0) is 9.59 Å². The van der Waals surface area contributed by atoms with Crippen LogP contribution in [0.2, 0.25) is 5.02 Å². The first-order valence-corrected chi connectivity index (χ1v) is 7.58. The van der Waals surface area contributed by atoms with Gasteiger partial charge in [0.25, 0.3) is 11.8 Å². The lowest BCUT2D eigenvalue weighted by Gasteiger charge is -2.27. The highest BCUT2D eigenvalue weighted by Crippen LogP contribution is 2.25. The van der Waals surface area contributed by atoms with Crippen molar-refractivity contribution in [2.24, 2.45) is 0 Å². The van der Waals surface area contributed by atoms with Gasteiger partial charge >= 0.3 is 6.03 Å². The molecule has 24 heavy (non-hydrogen) atoms. The van der Waals surface area contributed by atoms with Gasteiger partial charge in [-0.2, -0.15) is 0 Å². The molecule has 1 heterocycles. The molecule has 1 fully saturated rings. The molecule has 2 aromatic rings. The maximum absolute atomic E-state index is 12.7. The van der Waals surface area contributed by atoms with Gasteiger partial charge in [-0.1, -0.05) is 41.9 Å². The normalized spacial score (nSPS) is 16.5. The summed E-state index contributed by atoms with van der Waals surface area (Å²) in [4.78, 5) is 37.9. The van der Waals surface area contributed by atoms with Gasteiger partial charge in [0, 0.05) is 5.02 Å². The van der Waals surface area contributed by atoms with E-state index in [2.05, 4.69) is 5.32 Å². The third-order valence-electron chi connectivity index (χ3n) is 3.62. The Kier molecular flexibility index (Phi) is 4.18. The average Bonchev–Trinajstić information content (AvgIpc) is 2.53. The summed E-state index contributed by atoms with van der Waals surface area (Å²) in [6, 6.07) is 12.9. The van der Waals surface area contributed by atoms with Gasteiger partial charge in [-0.25, -0.2) is 9.69 Å². The molecule has 3 rings (SSSR count). The van der Waals surface area contributed by atoms with E-state index in [0.717, 1.165) is 10.5 Å². The number of anilines is 1. The van der Waals surface area contributed by atoms with Crippen molar-refractivity contribution in [1.82, 2.24) is 5.32 Å². The maximum Gasteiger partial charge on any atom is 0.335 e. The van der Waals surface area contributed by atoms with Crippen molar-refractivity contribution in [3.8, 4) is 0 Å². The summed E-state index contributed by atoms with van der Waals surface area (Å²) >= 11 is 5.92. The quantitative estimate of drug-likeness (QED) is 0.673. The molecule has 0 bridgehead atoms. The molecule has 120 valence electrons. The van der Waals surface area contributed by atoms with Crippen LogP contribution < -0.4 is 10.2 Å². The third kappa shape index (κ3) is 2.94. The van der Waals surface area contributed by atoms with Crippen molar-refractivity contribution in [2.45, 2.75) is 6.92 Å². The van der Waals surface area contributed by atoms with Crippen molar-refractivity contribution in [1.29, 1.82) is 0 Å². The largest absolute Gasteiger partial charge is 0.335 e. The van der Waals surface area contributed by atoms with E-state index in [1.807, 2.05) is 0 Å². The number of hydrogen-bond acceptors (Lipinski definition) is 3. The molecule has 1 aliphatic heterocycles. The zero-order chi connectivity index (χ0) is 17.3. The number of nitrogens with zero attached hydrogens (tertiary/aromatic N) is 1. The first kappa shape index (κ1) is 16.0. The van der Waals surface area contributed by atoms with Crippen LogP contribution in [0.4, 0.5) is 10.5 Å². The van der Waals surface area contributed by atoms with Crippen LogP contribution in [0, 0.1) is 6.92 Å². The number of barbiturate groups is 1. The summed E-state index contributed by atoms with van der Waals surface area (Å²) in [5.74, 6) is -1.40. The van der Waals surface area contributed by atoms with Gasteiger partial charge in [-0.05, 0) is 42.3 Å². The van der Waals surface area contributed by atoms with Crippen molar-refractivity contribution in [3.63, 3.8) is 0 Å². The first-order chi connectivity index (χ1) is 11.5. The Morgan fingerprint density at radius 3 is 2.50 bits per heavy atom. The SMILES string of the molecule is Cc1ccccc1N1C(=O)NC(=O)/C(=C\c2cccc(Cl)c2)C1=O. The number of para-hydroxylation sites is 1. The summed E-state index contributed by atoms with van der Waals surface area (Å²) < 4.78 is 0. The molecule has 0 spiro atoms. The first-order valence-electron chi connectivity index (χ1n) is 7.20. The highest BCUT2D eigenvalue weighted by atomic mass is 35.5. The number of amides is 4. The third-order valence-corrected chi connectivity index (χ3v) is 3.85. The van der Waals surface area contributed by atoms with E-state index in [-0.39, 0.29) is 5.57 Å². The maximum atomic E-state index is 12.7. The summed E-state index contributed by atoms with van der Waals surface area (Å²) in [6.45, 7) is 1.78. The number of aryl methyl sites for hydroxylation is 1. The lowest BCUT2D eigenvalue weighted by molar-refractivity contribution is -0.122. The second-order valence-corrected chi connectivity index (χ2v) is 5.74. The summed E-state index contributed by atoms with van der Waals surface area (Å²) in [5.41, 5.74) is 1.65. The van der Waals surface area contributed by atoms with E-state index < -0.39 is 17.8 Å². The van der Waals surface area contributed by atoms with Gasteiger partial charge in [0.05, 0.1) is 5.69 Å². The molecule has 0 saturated carbocycles. The second kappa shape index (κ2) is 6.29. The standard InChI is InChI=1S/C18H13ClN2O3/c1-11-5-2-3-8-15(11)21-17(23)14(16(22)20-18(21)24)10-12-6-4-7-13(19)9-12/h2-10H,1H3,(H,20,22,24)/b14-10+. The summed E-state index contributed by atoms with van der Waals surface area (Å²) in [5, 5.41) is 2.68. The van der Waals surface area contributed by atoms with Gasteiger partial charge in [-0.3, -0.25) is 14.9 Å². The number of urea groups is 1. The molecule has 0 aromatic heterocycles. The molecule has 4 amide bonds. The lowest BCUT2D eigenvalue weighted by Crippen LogP contribution is -2.54. The van der Waals surface area contributed by atoms with E-state index in [9.17, 15) is 14.4 Å². The van der Waals surface area contributed by atoms with Crippen LogP contribution >= 0.6 is 11.6 Å². The predicted octanol–water partition coefficient (Wildman–Crippen LogP) is 3.31. The molecule has 0 unspecified atom stereocenters. The number of carbonyl (C=O) groups excluding carboxylic acids is 3. The summed E-state index contributed by atoms with van der Waals surface area (Å²) in [7, 11) is 0. The molecule has 1 N–H and O–H groups in total. The smallest absolute Gasteiger partial charge is 0.273 e. The predicted molar refractivity (Wildman–Crippen MR) is 91.6 cm³/mol. The fourth-order valence-corrected chi connectivity index (χ4v) is 2.65. The average molecular weight is 341 g/mol. The Hall–Kier alpha value is -2.92. The fourth-order valence-electron chi connectivity index (χ4n) is 2.45. The topological polar surface area (TPSA) is 66.5 Å². The Balaban J connectivity index is 2.05. The van der Waals surface area contributed by atoms with Gasteiger partial charge in [0.2, 0.25) is 0 Å². The Morgan fingerprint density at radius 1 is 1.04 bits per heavy atom. The number of hydrogen-bond donors (Lipinski definition) is 1. The van der Waals surface area contributed by atoms with E-state index in [1.54, 1.807) is 55.5 Å². The van der Waals surface area contributed by atoms with Crippen LogP contribution in [0.5, 0.6) is 0 Å². The number of nitrogens with one attached hydrogen (secondary N) is 1. The second-order valence-electron chi connectivity index (χ2n) is 5.30. The van der Waals surface area contributed by atoms with E-state index >= 15 is 0 Å². The molecule has 0 atom stereocenters. The highest BCUT2D eigenvalue weighted by molar-refractivity contribution is 6.39. The molecule has 5 nitrogen and oxygen atoms in total. The summed E-state index contributed by atoms with van der Waals surface area (Å²) in [6.07, 6.45) is 1.42. The van der Waals surface area contributed by atoms with Gasteiger partial charge in [0.1, 0.15) is 5.57 Å². The number of benzene rings is 2. The lowest BCUT2D eigenvalue weighted by atomic mass is 10.1. The Labute approximate surface area is 143 Å². The molecule has 0 radical (unpaired) electrons. The Morgan fingerprint density at radius 2 is 1.79 bits per heavy atom. The zero-order valence-corrected chi connectivity index (χ0v) is 13.5. The van der Waals surface area contributed by atoms with Gasteiger partial charge < -0.3 is 0 Å². The van der Waals surface area contributed by atoms with Crippen LogP contribution in [0.3, 0.4) is 0 Å². The minimum absolute atomic E-state index is 0.125. The van der Waals surface area contributed by atoms with Crippen LogP contribution in [-0.4, -0.2) is 17.8 Å². The van der Waals surface area contributed by atoms with Crippen molar-refractivity contribution in [3.05, 3.63) is 70.3 Å². The molecule has 6 heteroatoms. The minimum atomic E-state index is -0.762. The molecule has 2 aromatic carbocycles. The van der Waals surface area contributed by atoms with Crippen LogP contribution in [0.25, 0.3) is 6.08 Å². The van der Waals surface area contributed by atoms with Gasteiger partial charge in [0.15, 0.2) is 0 Å². The number of imide groups is 2. The number of rotatable bonds is 2. The van der Waals surface area contributed by atoms with E-state index in [0.29, 0.717) is 16.3 Å². The molecule has 0 aliphatic carbocycles. The minimum Gasteiger partial charge on any atom is -0.273 e. The van der Waals surface area contributed by atoms with Crippen LogP contribution in [0.1, 0.15) is 11.1 Å². The zero-order valence-electron chi connectivity index (χ0n) is 12.7. The van der Waals surface area contributed by atoms with Crippen molar-refractivity contribution >= 4 is 41.2 Å². The van der Waals surface area contributed by atoms with Crippen molar-refractivity contribution in [2.75, 3.05) is 4.90 Å². The highest BCUT2D eigenvalue weighted by Gasteiger charge is 2.37. The molecular formula is C18H13ClN2O3. The Bertz CT molecular complexity index is 889. The van der Waals surface area contributed by atoms with E-state index in [4.69, 9.17) is 11.6 Å². The number of halogens is 1.